The maximum Gasteiger partial charge on any atom is 0.203 e. The number of hydrogen-bond donors (Lipinski definition) is 0. The average molecular weight is 121 g/mol. The first-order valence-electron chi connectivity index (χ1n) is 2.50. The largest absolute Gasteiger partial charge is 0.267 e. The van der Waals surface area contributed by atoms with Crippen molar-refractivity contribution in [2.24, 2.45) is 25.4 Å². The maximum atomic E-state index is 3.92. The smallest absolute Gasteiger partial charge is 0.203 e. The highest BCUT2D eigenvalue weighted by Crippen LogP contribution is 2.00. The lowest BCUT2D eigenvalue weighted by atomic mass is 10.3. The van der Waals surface area contributed by atoms with Crippen LogP contribution in [0, 0.1) is 0 Å². The topological polar surface area (TPSA) is 61.8 Å². The lowest BCUT2D eigenvalue weighted by Crippen LogP contribution is -2.13. The Morgan fingerprint density at radius 1 is 1.44 bits per heavy atom. The van der Waals surface area contributed by atoms with E-state index in [0.717, 1.165) is 0 Å². The first kappa shape index (κ1) is 4.49. The molecule has 0 aromatic heterocycles. The van der Waals surface area contributed by atoms with Gasteiger partial charge in [0, 0.05) is 0 Å². The molecule has 5 heteroatoms. The quantitative estimate of drug-likeness (QED) is 0.441. The van der Waals surface area contributed by atoms with Crippen LogP contribution in [0.4, 0.5) is 0 Å². The molecule has 2 aliphatic heterocycles. The molecular formula is C4H3N5. The lowest BCUT2D eigenvalue weighted by Gasteiger charge is -1.95. The van der Waals surface area contributed by atoms with Crippen molar-refractivity contribution in [3.63, 3.8) is 0 Å². The van der Waals surface area contributed by atoms with Crippen molar-refractivity contribution in [2.75, 3.05) is 6.67 Å². The Hall–Kier alpha value is -1.39. The van der Waals surface area contributed by atoms with Crippen LogP contribution in [0.2, 0.25) is 0 Å². The van der Waals surface area contributed by atoms with E-state index in [4.69, 9.17) is 0 Å². The van der Waals surface area contributed by atoms with Gasteiger partial charge in [-0.25, -0.2) is 4.99 Å². The number of hydrogen-bond acceptors (Lipinski definition) is 5. The van der Waals surface area contributed by atoms with Crippen LogP contribution in [0.25, 0.3) is 0 Å². The molecular weight excluding hydrogens is 118 g/mol. The second kappa shape index (κ2) is 1.54. The van der Waals surface area contributed by atoms with E-state index >= 15 is 0 Å². The van der Waals surface area contributed by atoms with Gasteiger partial charge in [0.15, 0.2) is 5.71 Å². The summed E-state index contributed by atoms with van der Waals surface area (Å²) in [5.74, 6) is 0.602. The monoisotopic (exact) mass is 121 g/mol. The van der Waals surface area contributed by atoms with E-state index in [1.165, 1.54) is 0 Å². The number of fused-ring (bicyclic) bond motifs is 1. The Morgan fingerprint density at radius 3 is 3.33 bits per heavy atom. The Balaban J connectivity index is 2.46. The SMILES string of the molecule is C1=NCN=C2N=NN=C12. The predicted molar refractivity (Wildman–Crippen MR) is 33.1 cm³/mol. The van der Waals surface area contributed by atoms with Crippen molar-refractivity contribution >= 4 is 17.8 Å². The molecule has 0 bridgehead atoms. The van der Waals surface area contributed by atoms with Gasteiger partial charge >= 0.3 is 0 Å². The van der Waals surface area contributed by atoms with E-state index in [1.54, 1.807) is 6.21 Å². The van der Waals surface area contributed by atoms with Gasteiger partial charge in [-0.15, -0.1) is 10.2 Å². The van der Waals surface area contributed by atoms with Gasteiger partial charge in [-0.05, 0) is 5.22 Å². The summed E-state index contributed by atoms with van der Waals surface area (Å²) in [4.78, 5) is 7.78. The molecule has 0 spiro atoms. The Morgan fingerprint density at radius 2 is 2.44 bits per heavy atom. The third kappa shape index (κ3) is 0.576. The van der Waals surface area contributed by atoms with Gasteiger partial charge < -0.3 is 0 Å². The third-order valence-electron chi connectivity index (χ3n) is 1.04. The molecule has 0 saturated carbocycles. The van der Waals surface area contributed by atoms with Crippen molar-refractivity contribution in [1.29, 1.82) is 0 Å². The van der Waals surface area contributed by atoms with Crippen LogP contribution < -0.4 is 0 Å². The van der Waals surface area contributed by atoms with Crippen molar-refractivity contribution in [2.45, 2.75) is 0 Å². The second-order valence-electron chi connectivity index (χ2n) is 1.61. The number of amidine groups is 1. The molecule has 0 aromatic rings. The molecule has 0 unspecified atom stereocenters. The summed E-state index contributed by atoms with van der Waals surface area (Å²) >= 11 is 0. The molecule has 5 nitrogen and oxygen atoms in total. The second-order valence-corrected chi connectivity index (χ2v) is 1.61. The number of rotatable bonds is 0. The molecule has 0 amide bonds. The van der Waals surface area contributed by atoms with Gasteiger partial charge in [-0.3, -0.25) is 4.99 Å². The van der Waals surface area contributed by atoms with Crippen LogP contribution in [-0.4, -0.2) is 24.4 Å². The maximum absolute atomic E-state index is 3.92. The van der Waals surface area contributed by atoms with Crippen molar-refractivity contribution in [3.05, 3.63) is 0 Å². The summed E-state index contributed by atoms with van der Waals surface area (Å²) in [6.07, 6.45) is 1.63. The van der Waals surface area contributed by atoms with Crippen molar-refractivity contribution in [3.8, 4) is 0 Å². The van der Waals surface area contributed by atoms with Crippen molar-refractivity contribution in [1.82, 2.24) is 0 Å². The summed E-state index contributed by atoms with van der Waals surface area (Å²) in [5.41, 5.74) is 0.668. The van der Waals surface area contributed by atoms with Gasteiger partial charge in [0.2, 0.25) is 5.84 Å². The van der Waals surface area contributed by atoms with Crippen LogP contribution in [0.1, 0.15) is 0 Å². The van der Waals surface area contributed by atoms with Crippen LogP contribution in [0.15, 0.2) is 25.4 Å². The Kier molecular flexibility index (Phi) is 0.769. The lowest BCUT2D eigenvalue weighted by molar-refractivity contribution is 1.06. The Bertz CT molecular complexity index is 246. The van der Waals surface area contributed by atoms with E-state index in [-0.39, 0.29) is 0 Å². The third-order valence-corrected chi connectivity index (χ3v) is 1.04. The molecule has 0 fully saturated rings. The van der Waals surface area contributed by atoms with E-state index in [0.29, 0.717) is 18.2 Å². The molecule has 0 N–H and O–H groups in total. The van der Waals surface area contributed by atoms with Gasteiger partial charge in [0.05, 0.1) is 6.21 Å². The molecule has 0 radical (unpaired) electrons. The van der Waals surface area contributed by atoms with Crippen molar-refractivity contribution < 1.29 is 0 Å². The van der Waals surface area contributed by atoms with Crippen LogP contribution in [0.5, 0.6) is 0 Å². The van der Waals surface area contributed by atoms with Crippen LogP contribution in [-0.2, 0) is 0 Å². The first-order chi connectivity index (χ1) is 4.47. The molecule has 0 aromatic carbocycles. The molecule has 0 aliphatic carbocycles. The van der Waals surface area contributed by atoms with Gasteiger partial charge in [0.25, 0.3) is 0 Å². The predicted octanol–water partition coefficient (Wildman–Crippen LogP) is 0.249. The van der Waals surface area contributed by atoms with E-state index < -0.39 is 0 Å². The fourth-order valence-electron chi connectivity index (χ4n) is 0.640. The van der Waals surface area contributed by atoms with E-state index in [2.05, 4.69) is 25.4 Å². The zero-order valence-electron chi connectivity index (χ0n) is 4.52. The summed E-state index contributed by atoms with van der Waals surface area (Å²) < 4.78 is 0. The van der Waals surface area contributed by atoms with Crippen LogP contribution in [0.3, 0.4) is 0 Å². The zero-order valence-corrected chi connectivity index (χ0v) is 4.52. The fourth-order valence-corrected chi connectivity index (χ4v) is 0.640. The highest BCUT2D eigenvalue weighted by molar-refractivity contribution is 6.63. The minimum atomic E-state index is 0.452. The summed E-state index contributed by atoms with van der Waals surface area (Å²) in [6, 6.07) is 0. The molecule has 2 heterocycles. The van der Waals surface area contributed by atoms with Gasteiger partial charge in [-0.2, -0.15) is 0 Å². The first-order valence-corrected chi connectivity index (χ1v) is 2.50. The number of nitrogens with zero attached hydrogens (tertiary/aromatic N) is 5. The molecule has 2 rings (SSSR count). The summed E-state index contributed by atoms with van der Waals surface area (Å²) in [7, 11) is 0. The normalized spacial score (nSPS) is 21.3. The molecule has 0 saturated heterocycles. The van der Waals surface area contributed by atoms with Gasteiger partial charge in [-0.1, -0.05) is 0 Å². The average Bonchev–Trinajstić information content (AvgIpc) is 2.33. The van der Waals surface area contributed by atoms with Gasteiger partial charge in [0.1, 0.15) is 6.67 Å². The highest BCUT2D eigenvalue weighted by Gasteiger charge is 2.12. The fraction of sp³-hybridized carbons (Fsp3) is 0.250. The Labute approximate surface area is 50.9 Å². The molecule has 9 heavy (non-hydrogen) atoms. The van der Waals surface area contributed by atoms with E-state index in [9.17, 15) is 0 Å². The molecule has 2 aliphatic rings. The minimum Gasteiger partial charge on any atom is -0.267 e. The highest BCUT2D eigenvalue weighted by atomic mass is 15.4. The van der Waals surface area contributed by atoms with Crippen LogP contribution >= 0.6 is 0 Å². The zero-order chi connectivity index (χ0) is 6.10. The molecule has 0 atom stereocenters. The van der Waals surface area contributed by atoms with E-state index in [1.807, 2.05) is 0 Å². The summed E-state index contributed by atoms with van der Waals surface area (Å²) in [5, 5.41) is 10.7. The minimum absolute atomic E-state index is 0.452. The standard InChI is InChI=1S/C4H3N5/c1-3-4(6-2-5-1)8-9-7-3/h1H,2H2. The summed E-state index contributed by atoms with van der Waals surface area (Å²) in [6.45, 7) is 0.452. The molecule has 44 valence electrons. The number of aliphatic imine (C=N–C) groups is 2.